The molecule has 0 radical (unpaired) electrons. The lowest BCUT2D eigenvalue weighted by molar-refractivity contribution is -0.119. The Labute approximate surface area is 139 Å². The molecule has 0 aliphatic rings. The van der Waals surface area contributed by atoms with Crippen LogP contribution < -0.4 is 10.7 Å². The lowest BCUT2D eigenvalue weighted by atomic mass is 10.1. The monoisotopic (exact) mass is 333 g/mol. The van der Waals surface area contributed by atoms with Gasteiger partial charge in [-0.25, -0.2) is 9.82 Å². The molecule has 0 unspecified atom stereocenters. The average Bonchev–Trinajstić information content (AvgIpc) is 2.52. The van der Waals surface area contributed by atoms with Crippen LogP contribution in [0.3, 0.4) is 0 Å². The molecule has 0 heterocycles. The third-order valence-electron chi connectivity index (χ3n) is 3.24. The third kappa shape index (κ3) is 5.07. The predicted molar refractivity (Wildman–Crippen MR) is 91.4 cm³/mol. The van der Waals surface area contributed by atoms with E-state index in [1.54, 1.807) is 25.1 Å². The second-order valence-electron chi connectivity index (χ2n) is 5.05. The van der Waals surface area contributed by atoms with Crippen LogP contribution in [-0.4, -0.2) is 18.2 Å². The zero-order chi connectivity index (χ0) is 16.8. The van der Waals surface area contributed by atoms with Gasteiger partial charge in [-0.2, -0.15) is 5.10 Å². The van der Waals surface area contributed by atoms with E-state index in [0.29, 0.717) is 10.7 Å². The molecule has 0 aliphatic carbocycles. The number of anilines is 1. The minimum absolute atomic E-state index is 0.0860. The van der Waals surface area contributed by atoms with Gasteiger partial charge in [-0.1, -0.05) is 23.7 Å². The zero-order valence-electron chi connectivity index (χ0n) is 12.9. The van der Waals surface area contributed by atoms with Gasteiger partial charge in [0.05, 0.1) is 12.3 Å². The zero-order valence-corrected chi connectivity index (χ0v) is 13.6. The number of aryl methyl sites for hydroxylation is 1. The van der Waals surface area contributed by atoms with Crippen molar-refractivity contribution in [2.24, 2.45) is 5.10 Å². The van der Waals surface area contributed by atoms with Crippen LogP contribution in [-0.2, 0) is 4.79 Å². The summed E-state index contributed by atoms with van der Waals surface area (Å²) in [6, 6.07) is 11.3. The quantitative estimate of drug-likeness (QED) is 0.647. The Kier molecular flexibility index (Phi) is 5.71. The summed E-state index contributed by atoms with van der Waals surface area (Å²) in [4.78, 5) is 11.8. The number of rotatable bonds is 5. The molecule has 0 aromatic heterocycles. The van der Waals surface area contributed by atoms with Gasteiger partial charge in [-0.3, -0.25) is 4.79 Å². The molecule has 2 N–H and O–H groups in total. The Morgan fingerprint density at radius 3 is 2.57 bits per heavy atom. The van der Waals surface area contributed by atoms with Gasteiger partial charge in [-0.05, 0) is 55.3 Å². The number of hydrogen-bond acceptors (Lipinski definition) is 3. The van der Waals surface area contributed by atoms with Crippen molar-refractivity contribution in [1.29, 1.82) is 0 Å². The molecule has 2 aromatic rings. The standard InChI is InChI=1S/C17H17ClFN3O/c1-11-9-14(18)5-8-16(11)20-10-17(23)22-21-12(2)13-3-6-15(19)7-4-13/h3-9,20H,10H2,1-2H3,(H,22,23)/b21-12+. The number of hydrogen-bond donors (Lipinski definition) is 2. The Hall–Kier alpha value is -2.40. The first kappa shape index (κ1) is 17.0. The highest BCUT2D eigenvalue weighted by molar-refractivity contribution is 6.30. The summed E-state index contributed by atoms with van der Waals surface area (Å²) in [5.41, 5.74) is 5.60. The first-order chi connectivity index (χ1) is 11.0. The highest BCUT2D eigenvalue weighted by Gasteiger charge is 2.04. The fraction of sp³-hybridized carbons (Fsp3) is 0.176. The second kappa shape index (κ2) is 7.74. The number of carbonyl (C=O) groups excluding carboxylic acids is 1. The van der Waals surface area contributed by atoms with Crippen molar-refractivity contribution in [3.63, 3.8) is 0 Å². The van der Waals surface area contributed by atoms with Crippen LogP contribution in [0.5, 0.6) is 0 Å². The van der Waals surface area contributed by atoms with Crippen molar-refractivity contribution in [1.82, 2.24) is 5.43 Å². The molecule has 2 aromatic carbocycles. The minimum atomic E-state index is -0.312. The van der Waals surface area contributed by atoms with E-state index in [2.05, 4.69) is 15.8 Å². The van der Waals surface area contributed by atoms with Crippen molar-refractivity contribution in [2.75, 3.05) is 11.9 Å². The van der Waals surface area contributed by atoms with Gasteiger partial charge in [0.25, 0.3) is 5.91 Å². The molecule has 4 nitrogen and oxygen atoms in total. The highest BCUT2D eigenvalue weighted by atomic mass is 35.5. The van der Waals surface area contributed by atoms with E-state index >= 15 is 0 Å². The van der Waals surface area contributed by atoms with E-state index in [4.69, 9.17) is 11.6 Å². The van der Waals surface area contributed by atoms with Gasteiger partial charge in [0.15, 0.2) is 0 Å². The summed E-state index contributed by atoms with van der Waals surface area (Å²) in [5.74, 6) is -0.589. The van der Waals surface area contributed by atoms with E-state index in [9.17, 15) is 9.18 Å². The number of benzene rings is 2. The highest BCUT2D eigenvalue weighted by Crippen LogP contribution is 2.19. The van der Waals surface area contributed by atoms with Crippen LogP contribution in [0.25, 0.3) is 0 Å². The minimum Gasteiger partial charge on any atom is -0.376 e. The lowest BCUT2D eigenvalue weighted by Gasteiger charge is -2.09. The maximum absolute atomic E-state index is 12.9. The number of nitrogens with one attached hydrogen (secondary N) is 2. The molecule has 0 fully saturated rings. The Morgan fingerprint density at radius 2 is 1.91 bits per heavy atom. The first-order valence-electron chi connectivity index (χ1n) is 7.05. The number of hydrazone groups is 1. The molecule has 0 saturated heterocycles. The van der Waals surface area contributed by atoms with Crippen molar-refractivity contribution in [3.8, 4) is 0 Å². The van der Waals surface area contributed by atoms with E-state index in [1.807, 2.05) is 19.1 Å². The number of nitrogens with zero attached hydrogens (tertiary/aromatic N) is 1. The van der Waals surface area contributed by atoms with Gasteiger partial charge in [-0.15, -0.1) is 0 Å². The van der Waals surface area contributed by atoms with Crippen LogP contribution in [0.4, 0.5) is 10.1 Å². The molecular weight excluding hydrogens is 317 g/mol. The van der Waals surface area contributed by atoms with E-state index in [-0.39, 0.29) is 18.3 Å². The van der Waals surface area contributed by atoms with Crippen LogP contribution in [0.15, 0.2) is 47.6 Å². The molecule has 0 spiro atoms. The molecule has 0 aliphatic heterocycles. The third-order valence-corrected chi connectivity index (χ3v) is 3.47. The van der Waals surface area contributed by atoms with Gasteiger partial charge in [0.2, 0.25) is 0 Å². The Balaban J connectivity index is 1.89. The van der Waals surface area contributed by atoms with Crippen molar-refractivity contribution in [2.45, 2.75) is 13.8 Å². The molecule has 0 saturated carbocycles. The average molecular weight is 334 g/mol. The maximum Gasteiger partial charge on any atom is 0.259 e. The molecule has 23 heavy (non-hydrogen) atoms. The van der Waals surface area contributed by atoms with Gasteiger partial charge in [0.1, 0.15) is 5.82 Å². The molecule has 1 amide bonds. The van der Waals surface area contributed by atoms with E-state index < -0.39 is 0 Å². The van der Waals surface area contributed by atoms with Crippen LogP contribution in [0.2, 0.25) is 5.02 Å². The predicted octanol–water partition coefficient (Wildman–Crippen LogP) is 3.74. The summed E-state index contributed by atoms with van der Waals surface area (Å²) in [6.45, 7) is 3.73. The fourth-order valence-corrected chi connectivity index (χ4v) is 2.17. The smallest absolute Gasteiger partial charge is 0.259 e. The molecule has 0 bridgehead atoms. The van der Waals surface area contributed by atoms with Crippen LogP contribution >= 0.6 is 11.6 Å². The maximum atomic E-state index is 12.9. The van der Waals surface area contributed by atoms with Crippen molar-refractivity contribution < 1.29 is 9.18 Å². The Morgan fingerprint density at radius 1 is 1.22 bits per heavy atom. The number of amides is 1. The Bertz CT molecular complexity index is 729. The van der Waals surface area contributed by atoms with Gasteiger partial charge < -0.3 is 5.32 Å². The summed E-state index contributed by atoms with van der Waals surface area (Å²) >= 11 is 5.88. The van der Waals surface area contributed by atoms with Crippen molar-refractivity contribution >= 4 is 28.9 Å². The van der Waals surface area contributed by atoms with Crippen LogP contribution in [0, 0.1) is 12.7 Å². The largest absolute Gasteiger partial charge is 0.376 e. The summed E-state index contributed by atoms with van der Waals surface area (Å²) in [5, 5.41) is 7.68. The second-order valence-corrected chi connectivity index (χ2v) is 5.49. The normalized spacial score (nSPS) is 11.2. The number of halogens is 2. The van der Waals surface area contributed by atoms with E-state index in [0.717, 1.165) is 16.8 Å². The fourth-order valence-electron chi connectivity index (χ4n) is 1.94. The number of carbonyl (C=O) groups is 1. The summed E-state index contributed by atoms with van der Waals surface area (Å²) in [6.07, 6.45) is 0. The van der Waals surface area contributed by atoms with Gasteiger partial charge in [0, 0.05) is 10.7 Å². The molecule has 0 atom stereocenters. The van der Waals surface area contributed by atoms with Crippen LogP contribution in [0.1, 0.15) is 18.1 Å². The lowest BCUT2D eigenvalue weighted by Crippen LogP contribution is -2.27. The molecule has 2 rings (SSSR count). The summed E-state index contributed by atoms with van der Waals surface area (Å²) < 4.78 is 12.9. The molecular formula is C17H17ClFN3O. The summed E-state index contributed by atoms with van der Waals surface area (Å²) in [7, 11) is 0. The SMILES string of the molecule is C/C(=N\NC(=O)CNc1ccc(Cl)cc1C)c1ccc(F)cc1. The molecule has 120 valence electrons. The van der Waals surface area contributed by atoms with Crippen molar-refractivity contribution in [3.05, 3.63) is 64.4 Å². The van der Waals surface area contributed by atoms with Gasteiger partial charge >= 0.3 is 0 Å². The topological polar surface area (TPSA) is 53.5 Å². The first-order valence-corrected chi connectivity index (χ1v) is 7.42. The molecule has 6 heteroatoms. The van der Waals surface area contributed by atoms with E-state index in [1.165, 1.54) is 12.1 Å².